The number of benzene rings is 1. The first-order chi connectivity index (χ1) is 17.2. The number of fused-ring (bicyclic) bond motifs is 2. The number of rotatable bonds is 6. The van der Waals surface area contributed by atoms with Crippen molar-refractivity contribution in [2.24, 2.45) is 11.8 Å². The molecule has 0 bridgehead atoms. The largest absolute Gasteiger partial charge is 0.489 e. The number of hydrogen-bond donors (Lipinski definition) is 3. The maximum absolute atomic E-state index is 14.2. The number of nitrogens with one attached hydrogen (secondary N) is 3. The normalized spacial score (nSPS) is 31.0. The Labute approximate surface area is 211 Å². The van der Waals surface area contributed by atoms with E-state index in [-0.39, 0.29) is 12.5 Å². The van der Waals surface area contributed by atoms with Gasteiger partial charge in [0.25, 0.3) is 0 Å². The smallest absolute Gasteiger partial charge is 0.239 e. The van der Waals surface area contributed by atoms with E-state index in [1.54, 1.807) is 6.07 Å². The molecule has 4 aliphatic rings. The van der Waals surface area contributed by atoms with Gasteiger partial charge in [-0.3, -0.25) is 10.2 Å². The van der Waals surface area contributed by atoms with Crippen LogP contribution in [0, 0.1) is 11.8 Å². The zero-order valence-electron chi connectivity index (χ0n) is 20.8. The van der Waals surface area contributed by atoms with Gasteiger partial charge in [0.05, 0.1) is 24.0 Å². The van der Waals surface area contributed by atoms with Crippen LogP contribution in [0.4, 0.5) is 15.8 Å². The summed E-state index contributed by atoms with van der Waals surface area (Å²) >= 11 is 0. The predicted octanol–water partition coefficient (Wildman–Crippen LogP) is 1.45. The molecule has 0 spiro atoms. The highest BCUT2D eigenvalue weighted by Gasteiger charge is 2.50. The summed E-state index contributed by atoms with van der Waals surface area (Å²) in [4.78, 5) is 15.2. The van der Waals surface area contributed by atoms with Crippen molar-refractivity contribution in [3.63, 3.8) is 0 Å². The molecular formula is C24H36FN5O5S. The first kappa shape index (κ1) is 25.7. The van der Waals surface area contributed by atoms with Gasteiger partial charge < -0.3 is 19.7 Å². The number of sulfonamides is 1. The van der Waals surface area contributed by atoms with E-state index < -0.39 is 39.4 Å². The van der Waals surface area contributed by atoms with Gasteiger partial charge in [-0.2, -0.15) is 4.31 Å². The Morgan fingerprint density at radius 3 is 2.78 bits per heavy atom. The number of carbonyl (C=O) groups is 1. The lowest BCUT2D eigenvalue weighted by Crippen LogP contribution is -2.54. The number of anilines is 2. The van der Waals surface area contributed by atoms with Crippen LogP contribution in [0.15, 0.2) is 18.2 Å². The van der Waals surface area contributed by atoms with E-state index in [2.05, 4.69) is 21.1 Å². The molecule has 12 heteroatoms. The summed E-state index contributed by atoms with van der Waals surface area (Å²) in [5, 5.41) is 2.00. The molecule has 3 fully saturated rings. The SMILES string of the molecule is CC1CC2C(F)NNC2C(S(=O)(=O)N(C)CC(=O)Nc2ccc3c(c2)OCCN3C2CCOCC2)C1. The minimum absolute atomic E-state index is 0.0735. The van der Waals surface area contributed by atoms with Gasteiger partial charge in [-0.25, -0.2) is 18.2 Å². The third kappa shape index (κ3) is 5.06. The maximum Gasteiger partial charge on any atom is 0.239 e. The van der Waals surface area contributed by atoms with E-state index in [0.29, 0.717) is 36.9 Å². The van der Waals surface area contributed by atoms with Crippen molar-refractivity contribution >= 4 is 27.3 Å². The van der Waals surface area contributed by atoms with E-state index >= 15 is 0 Å². The molecule has 1 aromatic carbocycles. The van der Waals surface area contributed by atoms with E-state index in [1.807, 2.05) is 19.1 Å². The summed E-state index contributed by atoms with van der Waals surface area (Å²) in [5.74, 6) is -0.0786. The lowest BCUT2D eigenvalue weighted by atomic mass is 9.79. The van der Waals surface area contributed by atoms with E-state index in [9.17, 15) is 17.6 Å². The molecule has 200 valence electrons. The van der Waals surface area contributed by atoms with Crippen molar-refractivity contribution in [1.29, 1.82) is 0 Å². The molecule has 10 nitrogen and oxygen atoms in total. The number of halogens is 1. The van der Waals surface area contributed by atoms with Gasteiger partial charge in [0.2, 0.25) is 15.9 Å². The quantitative estimate of drug-likeness (QED) is 0.479. The second-order valence-corrected chi connectivity index (χ2v) is 12.7. The molecule has 1 aliphatic carbocycles. The van der Waals surface area contributed by atoms with Crippen LogP contribution in [-0.2, 0) is 19.6 Å². The Morgan fingerprint density at radius 1 is 1.22 bits per heavy atom. The molecule has 0 aromatic heterocycles. The number of alkyl halides is 1. The van der Waals surface area contributed by atoms with Gasteiger partial charge in [-0.1, -0.05) is 6.92 Å². The number of hydrazine groups is 1. The van der Waals surface area contributed by atoms with Crippen LogP contribution in [0.2, 0.25) is 0 Å². The summed E-state index contributed by atoms with van der Waals surface area (Å²) in [7, 11) is -2.43. The maximum atomic E-state index is 14.2. The fourth-order valence-electron chi connectivity index (χ4n) is 6.04. The number of nitrogens with zero attached hydrogens (tertiary/aromatic N) is 2. The van der Waals surface area contributed by atoms with Gasteiger partial charge in [-0.15, -0.1) is 0 Å². The second-order valence-electron chi connectivity index (χ2n) is 10.4. The number of ether oxygens (including phenoxy) is 2. The zero-order chi connectivity index (χ0) is 25.4. The van der Waals surface area contributed by atoms with E-state index in [1.165, 1.54) is 7.05 Å². The molecule has 5 atom stereocenters. The highest BCUT2D eigenvalue weighted by atomic mass is 32.2. The lowest BCUT2D eigenvalue weighted by Gasteiger charge is -2.39. The van der Waals surface area contributed by atoms with Gasteiger partial charge >= 0.3 is 0 Å². The summed E-state index contributed by atoms with van der Waals surface area (Å²) < 4.78 is 53.4. The molecule has 2 saturated heterocycles. The standard InChI is InChI=1S/C24H36FN5O5S/c1-15-11-18-23(27-28-24(18)25)21(12-15)36(32,33)29(2)14-22(31)26-16-3-4-19-20(13-16)35-10-7-30(19)17-5-8-34-9-6-17/h3-4,13,15,17-18,21,23-24,27-28H,5-12,14H2,1-2H3,(H,26,31). The molecule has 5 rings (SSSR count). The lowest BCUT2D eigenvalue weighted by molar-refractivity contribution is -0.116. The predicted molar refractivity (Wildman–Crippen MR) is 134 cm³/mol. The number of amides is 1. The topological polar surface area (TPSA) is 112 Å². The van der Waals surface area contributed by atoms with Crippen LogP contribution in [0.3, 0.4) is 0 Å². The molecule has 5 unspecified atom stereocenters. The third-order valence-corrected chi connectivity index (χ3v) is 10.1. The fourth-order valence-corrected chi connectivity index (χ4v) is 8.01. The van der Waals surface area contributed by atoms with Gasteiger partial charge in [-0.05, 0) is 43.7 Å². The van der Waals surface area contributed by atoms with E-state index in [0.717, 1.165) is 42.6 Å². The number of hydrogen-bond acceptors (Lipinski definition) is 8. The summed E-state index contributed by atoms with van der Waals surface area (Å²) in [6.45, 7) is 4.49. The first-order valence-electron chi connectivity index (χ1n) is 12.8. The molecule has 1 aromatic rings. The van der Waals surface area contributed by atoms with Crippen molar-refractivity contribution in [3.8, 4) is 5.75 Å². The molecule has 0 radical (unpaired) electrons. The Hall–Kier alpha value is -1.99. The van der Waals surface area contributed by atoms with Crippen LogP contribution in [-0.4, -0.2) is 82.2 Å². The highest BCUT2D eigenvalue weighted by Crippen LogP contribution is 2.39. The molecular weight excluding hydrogens is 489 g/mol. The zero-order valence-corrected chi connectivity index (χ0v) is 21.6. The van der Waals surface area contributed by atoms with Crippen LogP contribution in [0.5, 0.6) is 5.75 Å². The molecule has 1 amide bonds. The van der Waals surface area contributed by atoms with Crippen molar-refractivity contribution in [3.05, 3.63) is 18.2 Å². The third-order valence-electron chi connectivity index (χ3n) is 7.89. The van der Waals surface area contributed by atoms with Gasteiger partial charge in [0.1, 0.15) is 12.4 Å². The Morgan fingerprint density at radius 2 is 2.00 bits per heavy atom. The summed E-state index contributed by atoms with van der Waals surface area (Å²) in [6.07, 6.45) is 1.70. The fraction of sp³-hybridized carbons (Fsp3) is 0.708. The first-order valence-corrected chi connectivity index (χ1v) is 14.3. The van der Waals surface area contributed by atoms with Crippen LogP contribution >= 0.6 is 0 Å². The molecule has 1 saturated carbocycles. The minimum Gasteiger partial charge on any atom is -0.489 e. The van der Waals surface area contributed by atoms with Crippen LogP contribution < -0.4 is 25.8 Å². The highest BCUT2D eigenvalue weighted by molar-refractivity contribution is 7.89. The monoisotopic (exact) mass is 525 g/mol. The van der Waals surface area contributed by atoms with Gasteiger partial charge in [0, 0.05) is 50.0 Å². The number of likely N-dealkylation sites (N-methyl/N-ethyl adjacent to an activating group) is 1. The van der Waals surface area contributed by atoms with Crippen LogP contribution in [0.1, 0.15) is 32.6 Å². The Kier molecular flexibility index (Phi) is 7.42. The summed E-state index contributed by atoms with van der Waals surface area (Å²) in [6, 6.07) is 5.42. The van der Waals surface area contributed by atoms with Gasteiger partial charge in [0.15, 0.2) is 6.30 Å². The molecule has 3 aliphatic heterocycles. The van der Waals surface area contributed by atoms with Crippen molar-refractivity contribution in [2.75, 3.05) is 50.2 Å². The average molecular weight is 526 g/mol. The van der Waals surface area contributed by atoms with Crippen molar-refractivity contribution in [1.82, 2.24) is 15.2 Å². The van der Waals surface area contributed by atoms with E-state index in [4.69, 9.17) is 9.47 Å². The Balaban J connectivity index is 1.23. The minimum atomic E-state index is -3.83. The second kappa shape index (κ2) is 10.4. The van der Waals surface area contributed by atoms with Crippen molar-refractivity contribution in [2.45, 2.75) is 56.2 Å². The molecule has 3 heterocycles. The summed E-state index contributed by atoms with van der Waals surface area (Å²) in [5.41, 5.74) is 6.92. The molecule has 36 heavy (non-hydrogen) atoms. The van der Waals surface area contributed by atoms with Crippen molar-refractivity contribution < 1.29 is 27.1 Å². The number of carbonyl (C=O) groups excluding carboxylic acids is 1. The Bertz CT molecular complexity index is 1070. The molecule has 3 N–H and O–H groups in total. The van der Waals surface area contributed by atoms with Crippen LogP contribution in [0.25, 0.3) is 0 Å². The average Bonchev–Trinajstić information content (AvgIpc) is 3.23.